The molecule has 0 saturated carbocycles. The number of carbonyl (C=O) groups is 1. The van der Waals surface area contributed by atoms with Gasteiger partial charge in [-0.05, 0) is 47.2 Å². The number of hydrogen-bond acceptors (Lipinski definition) is 4. The summed E-state index contributed by atoms with van der Waals surface area (Å²) in [6, 6.07) is 17.6. The highest BCUT2D eigenvalue weighted by Gasteiger charge is 2.32. The maximum absolute atomic E-state index is 12.7. The zero-order chi connectivity index (χ0) is 17.2. The molecular weight excluding hydrogens is 350 g/mol. The molecule has 0 unspecified atom stereocenters. The molecule has 1 aliphatic rings. The van der Waals surface area contributed by atoms with Crippen LogP contribution in [-0.4, -0.2) is 10.2 Å². The number of nitrogens with zero attached hydrogens (tertiary/aromatic N) is 1. The molecular formula is C20H13NO2S2. The quantitative estimate of drug-likeness (QED) is 0.461. The van der Waals surface area contributed by atoms with Crippen molar-refractivity contribution in [2.45, 2.75) is 0 Å². The van der Waals surface area contributed by atoms with Crippen LogP contribution in [0.5, 0.6) is 0 Å². The molecule has 2 aromatic carbocycles. The highest BCUT2D eigenvalue weighted by molar-refractivity contribution is 8.27. The molecule has 3 nitrogen and oxygen atoms in total. The number of anilines is 1. The SMILES string of the molecule is O=C1/C(=C\C=C\c2ccco2)SC(=S)N1c1ccc2ccccc2c1. The standard InChI is InChI=1S/C20H13NO2S2/c22-19-18(9-3-7-17-8-4-12-23-17)25-20(24)21(19)16-11-10-14-5-1-2-6-15(14)13-16/h1-13H/b7-3+,18-9+. The van der Waals surface area contributed by atoms with E-state index in [4.69, 9.17) is 16.6 Å². The number of allylic oxidation sites excluding steroid dienone is 2. The van der Waals surface area contributed by atoms with Gasteiger partial charge in [-0.2, -0.15) is 0 Å². The molecule has 0 radical (unpaired) electrons. The van der Waals surface area contributed by atoms with E-state index in [-0.39, 0.29) is 5.91 Å². The van der Waals surface area contributed by atoms with E-state index in [2.05, 4.69) is 0 Å². The zero-order valence-corrected chi connectivity index (χ0v) is 14.7. The van der Waals surface area contributed by atoms with Gasteiger partial charge >= 0.3 is 0 Å². The van der Waals surface area contributed by atoms with E-state index in [1.807, 2.05) is 60.7 Å². The molecule has 1 aliphatic heterocycles. The van der Waals surface area contributed by atoms with Gasteiger partial charge in [0.2, 0.25) is 0 Å². The summed E-state index contributed by atoms with van der Waals surface area (Å²) in [7, 11) is 0. The van der Waals surface area contributed by atoms with E-state index < -0.39 is 0 Å². The van der Waals surface area contributed by atoms with Gasteiger partial charge in [-0.25, -0.2) is 0 Å². The van der Waals surface area contributed by atoms with E-state index in [1.54, 1.807) is 23.3 Å². The Kier molecular flexibility index (Phi) is 4.26. The van der Waals surface area contributed by atoms with Crippen molar-refractivity contribution in [1.29, 1.82) is 0 Å². The van der Waals surface area contributed by atoms with Crippen LogP contribution in [0.1, 0.15) is 5.76 Å². The summed E-state index contributed by atoms with van der Waals surface area (Å²) >= 11 is 6.72. The molecule has 0 bridgehead atoms. The number of thioether (sulfide) groups is 1. The smallest absolute Gasteiger partial charge is 0.270 e. The van der Waals surface area contributed by atoms with Crippen LogP contribution in [0, 0.1) is 0 Å². The fourth-order valence-corrected chi connectivity index (χ4v) is 3.89. The summed E-state index contributed by atoms with van der Waals surface area (Å²) in [5, 5.41) is 2.21. The number of hydrogen-bond donors (Lipinski definition) is 0. The lowest BCUT2D eigenvalue weighted by atomic mass is 10.1. The average molecular weight is 363 g/mol. The Labute approximate surface area is 154 Å². The minimum atomic E-state index is -0.102. The molecule has 0 spiro atoms. The third kappa shape index (κ3) is 3.16. The molecule has 1 amide bonds. The molecule has 4 rings (SSSR count). The molecule has 5 heteroatoms. The van der Waals surface area contributed by atoms with Gasteiger partial charge in [-0.3, -0.25) is 9.69 Å². The number of fused-ring (bicyclic) bond motifs is 1. The van der Waals surface area contributed by atoms with Crippen LogP contribution in [0.4, 0.5) is 5.69 Å². The molecule has 2 heterocycles. The van der Waals surface area contributed by atoms with Crippen LogP contribution in [-0.2, 0) is 4.79 Å². The number of rotatable bonds is 3. The number of furan rings is 1. The Morgan fingerprint density at radius 1 is 1.04 bits per heavy atom. The van der Waals surface area contributed by atoms with E-state index >= 15 is 0 Å². The van der Waals surface area contributed by atoms with Gasteiger partial charge in [0.05, 0.1) is 16.9 Å². The van der Waals surface area contributed by atoms with Gasteiger partial charge in [0, 0.05) is 0 Å². The van der Waals surface area contributed by atoms with Gasteiger partial charge in [0.1, 0.15) is 5.76 Å². The van der Waals surface area contributed by atoms with Gasteiger partial charge in [-0.15, -0.1) is 0 Å². The normalized spacial score (nSPS) is 16.6. The van der Waals surface area contributed by atoms with Crippen molar-refractivity contribution in [3.63, 3.8) is 0 Å². The van der Waals surface area contributed by atoms with Gasteiger partial charge in [0.25, 0.3) is 5.91 Å². The molecule has 1 saturated heterocycles. The first-order valence-corrected chi connectivity index (χ1v) is 8.92. The Hall–Kier alpha value is -2.63. The highest BCUT2D eigenvalue weighted by atomic mass is 32.2. The third-order valence-corrected chi connectivity index (χ3v) is 5.16. The van der Waals surface area contributed by atoms with Crippen molar-refractivity contribution in [1.82, 2.24) is 0 Å². The van der Waals surface area contributed by atoms with Gasteiger partial charge < -0.3 is 4.42 Å². The van der Waals surface area contributed by atoms with Crippen LogP contribution < -0.4 is 4.90 Å². The second kappa shape index (κ2) is 6.70. The lowest BCUT2D eigenvalue weighted by molar-refractivity contribution is -0.113. The maximum Gasteiger partial charge on any atom is 0.270 e. The largest absolute Gasteiger partial charge is 0.465 e. The van der Waals surface area contributed by atoms with E-state index in [0.717, 1.165) is 22.2 Å². The lowest BCUT2D eigenvalue weighted by Gasteiger charge is -2.15. The van der Waals surface area contributed by atoms with Crippen molar-refractivity contribution in [2.75, 3.05) is 4.90 Å². The molecule has 122 valence electrons. The molecule has 0 aliphatic carbocycles. The molecule has 1 fully saturated rings. The fourth-order valence-electron chi connectivity index (χ4n) is 2.64. The number of carbonyl (C=O) groups excluding carboxylic acids is 1. The summed E-state index contributed by atoms with van der Waals surface area (Å²) in [6.07, 6.45) is 6.98. The van der Waals surface area contributed by atoms with E-state index in [0.29, 0.717) is 9.23 Å². The average Bonchev–Trinajstić information content (AvgIpc) is 3.23. The maximum atomic E-state index is 12.7. The van der Waals surface area contributed by atoms with E-state index in [1.165, 1.54) is 11.8 Å². The number of amides is 1. The molecule has 3 aromatic rings. The van der Waals surface area contributed by atoms with Crippen LogP contribution in [0.25, 0.3) is 16.8 Å². The first kappa shape index (κ1) is 15.9. The second-order valence-corrected chi connectivity index (χ2v) is 7.12. The minimum absolute atomic E-state index is 0.102. The summed E-state index contributed by atoms with van der Waals surface area (Å²) < 4.78 is 5.77. The lowest BCUT2D eigenvalue weighted by Crippen LogP contribution is -2.27. The van der Waals surface area contributed by atoms with Crippen LogP contribution >= 0.6 is 24.0 Å². The van der Waals surface area contributed by atoms with Crippen molar-refractivity contribution < 1.29 is 9.21 Å². The summed E-state index contributed by atoms with van der Waals surface area (Å²) in [5.74, 6) is 0.635. The Balaban J connectivity index is 1.62. The third-order valence-electron chi connectivity index (χ3n) is 3.84. The first-order valence-electron chi connectivity index (χ1n) is 7.69. The van der Waals surface area contributed by atoms with Crippen LogP contribution in [0.2, 0.25) is 0 Å². The summed E-state index contributed by atoms with van der Waals surface area (Å²) in [4.78, 5) is 14.9. The van der Waals surface area contributed by atoms with Crippen molar-refractivity contribution in [3.8, 4) is 0 Å². The van der Waals surface area contributed by atoms with Gasteiger partial charge in [0.15, 0.2) is 4.32 Å². The highest BCUT2D eigenvalue weighted by Crippen LogP contribution is 2.36. The molecule has 25 heavy (non-hydrogen) atoms. The zero-order valence-electron chi connectivity index (χ0n) is 13.1. The Morgan fingerprint density at radius 2 is 1.88 bits per heavy atom. The van der Waals surface area contributed by atoms with Crippen molar-refractivity contribution >= 4 is 56.7 Å². The van der Waals surface area contributed by atoms with Crippen molar-refractivity contribution in [2.24, 2.45) is 0 Å². The van der Waals surface area contributed by atoms with Crippen molar-refractivity contribution in [3.05, 3.63) is 83.7 Å². The predicted octanol–water partition coefficient (Wildman–Crippen LogP) is 5.39. The van der Waals surface area contributed by atoms with Gasteiger partial charge in [-0.1, -0.05) is 60.4 Å². The molecule has 0 N–H and O–H groups in total. The molecule has 1 aromatic heterocycles. The van der Waals surface area contributed by atoms with E-state index in [9.17, 15) is 4.79 Å². The first-order chi connectivity index (χ1) is 12.2. The number of benzene rings is 2. The minimum Gasteiger partial charge on any atom is -0.465 e. The molecule has 0 atom stereocenters. The topological polar surface area (TPSA) is 33.5 Å². The summed E-state index contributed by atoms with van der Waals surface area (Å²) in [5.41, 5.74) is 0.791. The Morgan fingerprint density at radius 3 is 2.68 bits per heavy atom. The number of thiocarbonyl (C=S) groups is 1. The predicted molar refractivity (Wildman–Crippen MR) is 107 cm³/mol. The monoisotopic (exact) mass is 363 g/mol. The second-order valence-electron chi connectivity index (χ2n) is 5.45. The Bertz CT molecular complexity index is 1020. The van der Waals surface area contributed by atoms with Crippen LogP contribution in [0.15, 0.2) is 82.3 Å². The fraction of sp³-hybridized carbons (Fsp3) is 0. The van der Waals surface area contributed by atoms with Crippen LogP contribution in [0.3, 0.4) is 0 Å². The summed E-state index contributed by atoms with van der Waals surface area (Å²) in [6.45, 7) is 0.